The number of nitrogens with zero attached hydrogens (tertiary/aromatic N) is 1. The quantitative estimate of drug-likeness (QED) is 0.715. The lowest BCUT2D eigenvalue weighted by Crippen LogP contribution is -2.46. The number of carboxylic acid groups (broad SMARTS) is 1. The molecule has 1 rings (SSSR count). The molecule has 2 N–H and O–H groups in total. The summed E-state index contributed by atoms with van der Waals surface area (Å²) in [6, 6.07) is 6.70. The predicted molar refractivity (Wildman–Crippen MR) is 90.0 cm³/mol. The Kier molecular flexibility index (Phi) is 7.74. The lowest BCUT2D eigenvalue weighted by atomic mass is 10.1. The van der Waals surface area contributed by atoms with Crippen LogP contribution in [-0.4, -0.2) is 46.9 Å². The summed E-state index contributed by atoms with van der Waals surface area (Å²) in [4.78, 5) is 35.7. The van der Waals surface area contributed by atoms with E-state index in [0.29, 0.717) is 6.42 Å². The van der Waals surface area contributed by atoms with Crippen LogP contribution in [0.2, 0.25) is 0 Å². The van der Waals surface area contributed by atoms with Crippen LogP contribution in [0, 0.1) is 0 Å². The van der Waals surface area contributed by atoms with Crippen LogP contribution < -0.4 is 5.32 Å². The third kappa shape index (κ3) is 6.81. The largest absolute Gasteiger partial charge is 0.480 e. The molecule has 126 valence electrons. The van der Waals surface area contributed by atoms with Crippen LogP contribution in [0.3, 0.4) is 0 Å². The van der Waals surface area contributed by atoms with Crippen molar-refractivity contribution in [2.45, 2.75) is 32.7 Å². The summed E-state index contributed by atoms with van der Waals surface area (Å²) >= 11 is 3.37. The lowest BCUT2D eigenvalue weighted by Gasteiger charge is -2.26. The molecule has 0 heterocycles. The molecule has 6 nitrogen and oxygen atoms in total. The van der Waals surface area contributed by atoms with Crippen molar-refractivity contribution in [3.63, 3.8) is 0 Å². The van der Waals surface area contributed by atoms with Gasteiger partial charge in [0.1, 0.15) is 6.04 Å². The zero-order chi connectivity index (χ0) is 17.4. The standard InChI is InChI=1S/C16H21BrN2O4/c1-11(16(22)23)19(9-8-18-12(2)20)15(21)7-6-13-4-3-5-14(17)10-13/h3-5,10-11H,6-9H2,1-2H3,(H,18,20)(H,22,23). The van der Waals surface area contributed by atoms with Crippen molar-refractivity contribution in [3.05, 3.63) is 34.3 Å². The molecule has 0 aromatic heterocycles. The number of carbonyl (C=O) groups excluding carboxylic acids is 2. The number of carboxylic acids is 1. The van der Waals surface area contributed by atoms with Crippen molar-refractivity contribution in [1.29, 1.82) is 0 Å². The van der Waals surface area contributed by atoms with E-state index < -0.39 is 12.0 Å². The Morgan fingerprint density at radius 2 is 2.04 bits per heavy atom. The highest BCUT2D eigenvalue weighted by atomic mass is 79.9. The number of aliphatic carboxylic acids is 1. The second kappa shape index (κ2) is 9.29. The average Bonchev–Trinajstić information content (AvgIpc) is 2.48. The second-order valence-corrected chi connectivity index (χ2v) is 6.13. The van der Waals surface area contributed by atoms with Gasteiger partial charge >= 0.3 is 5.97 Å². The minimum atomic E-state index is -1.07. The molecule has 1 atom stereocenters. The summed E-state index contributed by atoms with van der Waals surface area (Å²) in [5.74, 6) is -1.52. The predicted octanol–water partition coefficient (Wildman–Crippen LogP) is 1.82. The van der Waals surface area contributed by atoms with Gasteiger partial charge in [0.05, 0.1) is 0 Å². The van der Waals surface area contributed by atoms with Crippen molar-refractivity contribution >= 4 is 33.7 Å². The molecule has 0 spiro atoms. The first-order valence-corrected chi connectivity index (χ1v) is 8.11. The van der Waals surface area contributed by atoms with E-state index in [9.17, 15) is 14.4 Å². The van der Waals surface area contributed by atoms with Crippen molar-refractivity contribution < 1.29 is 19.5 Å². The van der Waals surface area contributed by atoms with E-state index in [1.807, 2.05) is 24.3 Å². The van der Waals surface area contributed by atoms with Gasteiger partial charge < -0.3 is 15.3 Å². The molecule has 1 aromatic carbocycles. The normalized spacial score (nSPS) is 11.6. The molecule has 0 aliphatic heterocycles. The van der Waals surface area contributed by atoms with Crippen LogP contribution in [0.1, 0.15) is 25.8 Å². The Bertz CT molecular complexity index is 577. The Hall–Kier alpha value is -1.89. The zero-order valence-corrected chi connectivity index (χ0v) is 14.8. The van der Waals surface area contributed by atoms with Gasteiger partial charge in [-0.25, -0.2) is 4.79 Å². The van der Waals surface area contributed by atoms with Crippen molar-refractivity contribution in [3.8, 4) is 0 Å². The molecule has 0 aliphatic rings. The van der Waals surface area contributed by atoms with E-state index in [-0.39, 0.29) is 31.3 Å². The van der Waals surface area contributed by atoms with Crippen molar-refractivity contribution in [2.24, 2.45) is 0 Å². The van der Waals surface area contributed by atoms with Gasteiger partial charge in [-0.1, -0.05) is 28.1 Å². The van der Waals surface area contributed by atoms with Crippen LogP contribution in [0.4, 0.5) is 0 Å². The Morgan fingerprint density at radius 3 is 2.61 bits per heavy atom. The number of aryl methyl sites for hydroxylation is 1. The number of halogens is 1. The highest BCUT2D eigenvalue weighted by Gasteiger charge is 2.24. The number of hydrogen-bond donors (Lipinski definition) is 2. The maximum atomic E-state index is 12.4. The fourth-order valence-electron chi connectivity index (χ4n) is 2.11. The summed E-state index contributed by atoms with van der Waals surface area (Å²) < 4.78 is 0.934. The van der Waals surface area contributed by atoms with E-state index in [4.69, 9.17) is 5.11 Å². The summed E-state index contributed by atoms with van der Waals surface area (Å²) in [7, 11) is 0. The molecule has 0 bridgehead atoms. The smallest absolute Gasteiger partial charge is 0.326 e. The first-order valence-electron chi connectivity index (χ1n) is 7.32. The van der Waals surface area contributed by atoms with Gasteiger partial charge in [-0.05, 0) is 31.0 Å². The average molecular weight is 385 g/mol. The van der Waals surface area contributed by atoms with Gasteiger partial charge in [-0.2, -0.15) is 0 Å². The second-order valence-electron chi connectivity index (χ2n) is 5.21. The molecule has 0 saturated heterocycles. The van der Waals surface area contributed by atoms with Crippen molar-refractivity contribution in [2.75, 3.05) is 13.1 Å². The highest BCUT2D eigenvalue weighted by molar-refractivity contribution is 9.10. The number of nitrogens with one attached hydrogen (secondary N) is 1. The number of rotatable bonds is 8. The minimum Gasteiger partial charge on any atom is -0.480 e. The van der Waals surface area contributed by atoms with Gasteiger partial charge in [0.25, 0.3) is 0 Å². The lowest BCUT2D eigenvalue weighted by molar-refractivity contribution is -0.149. The van der Waals surface area contributed by atoms with Gasteiger partial charge in [0.2, 0.25) is 11.8 Å². The maximum absolute atomic E-state index is 12.4. The van der Waals surface area contributed by atoms with Gasteiger partial charge in [-0.3, -0.25) is 9.59 Å². The highest BCUT2D eigenvalue weighted by Crippen LogP contribution is 2.14. The Balaban J connectivity index is 2.66. The third-order valence-electron chi connectivity index (χ3n) is 3.39. The van der Waals surface area contributed by atoms with Crippen LogP contribution in [0.25, 0.3) is 0 Å². The van der Waals surface area contributed by atoms with E-state index in [1.54, 1.807) is 0 Å². The molecule has 2 amide bonds. The molecule has 7 heteroatoms. The van der Waals surface area contributed by atoms with E-state index >= 15 is 0 Å². The number of amides is 2. The fraction of sp³-hybridized carbons (Fsp3) is 0.438. The molecule has 1 aromatic rings. The van der Waals surface area contributed by atoms with Crippen LogP contribution >= 0.6 is 15.9 Å². The Labute approximate surface area is 144 Å². The summed E-state index contributed by atoms with van der Waals surface area (Å²) in [6.07, 6.45) is 0.745. The third-order valence-corrected chi connectivity index (χ3v) is 3.88. The molecule has 0 saturated carbocycles. The van der Waals surface area contributed by atoms with Gasteiger partial charge in [-0.15, -0.1) is 0 Å². The molecule has 0 radical (unpaired) electrons. The van der Waals surface area contributed by atoms with E-state index in [0.717, 1.165) is 10.0 Å². The SMILES string of the molecule is CC(=O)NCCN(C(=O)CCc1cccc(Br)c1)C(C)C(=O)O. The summed E-state index contributed by atoms with van der Waals surface area (Å²) in [5.41, 5.74) is 0.998. The van der Waals surface area contributed by atoms with E-state index in [1.165, 1.54) is 18.7 Å². The molecular formula is C16H21BrN2O4. The number of benzene rings is 1. The van der Waals surface area contributed by atoms with Gasteiger partial charge in [0.15, 0.2) is 0 Å². The van der Waals surface area contributed by atoms with Crippen LogP contribution in [0.5, 0.6) is 0 Å². The first-order chi connectivity index (χ1) is 10.8. The molecule has 23 heavy (non-hydrogen) atoms. The Morgan fingerprint density at radius 1 is 1.35 bits per heavy atom. The molecular weight excluding hydrogens is 364 g/mol. The number of carbonyl (C=O) groups is 3. The minimum absolute atomic E-state index is 0.171. The topological polar surface area (TPSA) is 86.7 Å². The fourth-order valence-corrected chi connectivity index (χ4v) is 2.55. The monoisotopic (exact) mass is 384 g/mol. The van der Waals surface area contributed by atoms with Crippen LogP contribution in [0.15, 0.2) is 28.7 Å². The first kappa shape index (κ1) is 19.2. The number of hydrogen-bond acceptors (Lipinski definition) is 3. The zero-order valence-electron chi connectivity index (χ0n) is 13.2. The van der Waals surface area contributed by atoms with E-state index in [2.05, 4.69) is 21.2 Å². The van der Waals surface area contributed by atoms with Crippen molar-refractivity contribution in [1.82, 2.24) is 10.2 Å². The van der Waals surface area contributed by atoms with Gasteiger partial charge in [0, 0.05) is 30.9 Å². The maximum Gasteiger partial charge on any atom is 0.326 e. The van der Waals surface area contributed by atoms with Crippen LogP contribution in [-0.2, 0) is 20.8 Å². The molecule has 0 fully saturated rings. The summed E-state index contributed by atoms with van der Waals surface area (Å²) in [5, 5.41) is 11.7. The molecule has 0 aliphatic carbocycles. The molecule has 1 unspecified atom stereocenters. The summed E-state index contributed by atoms with van der Waals surface area (Å²) in [6.45, 7) is 3.24.